The molecular formula is C14H17N5. The van der Waals surface area contributed by atoms with Crippen LogP contribution in [0.2, 0.25) is 0 Å². The molecule has 1 atom stereocenters. The average molecular weight is 255 g/mol. The number of anilines is 3. The summed E-state index contributed by atoms with van der Waals surface area (Å²) in [6, 6.07) is 8.83. The van der Waals surface area contributed by atoms with E-state index >= 15 is 0 Å². The third kappa shape index (κ3) is 1.82. The van der Waals surface area contributed by atoms with Crippen LogP contribution in [0.25, 0.3) is 0 Å². The number of hydrazine groups is 1. The molecule has 0 amide bonds. The van der Waals surface area contributed by atoms with E-state index in [0.29, 0.717) is 11.9 Å². The van der Waals surface area contributed by atoms with Gasteiger partial charge in [0, 0.05) is 17.3 Å². The minimum atomic E-state index is 0.386. The van der Waals surface area contributed by atoms with Crippen LogP contribution in [0.3, 0.4) is 0 Å². The van der Waals surface area contributed by atoms with Gasteiger partial charge >= 0.3 is 0 Å². The number of rotatable bonds is 2. The van der Waals surface area contributed by atoms with Crippen molar-refractivity contribution in [3.63, 3.8) is 0 Å². The monoisotopic (exact) mass is 255 g/mol. The van der Waals surface area contributed by atoms with Gasteiger partial charge in [-0.2, -0.15) is 0 Å². The number of hydrogen-bond donors (Lipinski definition) is 2. The van der Waals surface area contributed by atoms with E-state index in [1.807, 2.05) is 6.92 Å². The van der Waals surface area contributed by atoms with Crippen molar-refractivity contribution < 1.29 is 0 Å². The van der Waals surface area contributed by atoms with Crippen molar-refractivity contribution in [2.75, 3.05) is 10.3 Å². The molecule has 0 bridgehead atoms. The fraction of sp³-hybridized carbons (Fsp3) is 0.286. The number of nitrogens with two attached hydrogens (primary N) is 1. The topological polar surface area (TPSA) is 67.1 Å². The summed E-state index contributed by atoms with van der Waals surface area (Å²) in [5, 5.41) is 0. The van der Waals surface area contributed by atoms with Crippen LogP contribution < -0.4 is 16.2 Å². The van der Waals surface area contributed by atoms with Crippen molar-refractivity contribution in [3.05, 3.63) is 41.7 Å². The first-order chi connectivity index (χ1) is 9.22. The summed E-state index contributed by atoms with van der Waals surface area (Å²) in [5.41, 5.74) is 6.17. The van der Waals surface area contributed by atoms with E-state index in [0.717, 1.165) is 17.8 Å². The number of nitrogens with one attached hydrogen (secondary N) is 1. The molecule has 98 valence electrons. The highest BCUT2D eigenvalue weighted by Gasteiger charge is 2.29. The minimum absolute atomic E-state index is 0.386. The van der Waals surface area contributed by atoms with Crippen molar-refractivity contribution in [3.8, 4) is 0 Å². The van der Waals surface area contributed by atoms with Gasteiger partial charge in [-0.25, -0.2) is 15.8 Å². The Morgan fingerprint density at radius 1 is 1.32 bits per heavy atom. The van der Waals surface area contributed by atoms with E-state index in [1.165, 1.54) is 11.3 Å². The van der Waals surface area contributed by atoms with Gasteiger partial charge < -0.3 is 10.3 Å². The van der Waals surface area contributed by atoms with Gasteiger partial charge in [0.25, 0.3) is 0 Å². The number of hydrogen-bond acceptors (Lipinski definition) is 5. The Balaban J connectivity index is 2.12. The first kappa shape index (κ1) is 11.9. The molecule has 1 aromatic heterocycles. The zero-order valence-electron chi connectivity index (χ0n) is 11.1. The summed E-state index contributed by atoms with van der Waals surface area (Å²) in [6.45, 7) is 4.19. The van der Waals surface area contributed by atoms with Crippen molar-refractivity contribution in [1.82, 2.24) is 9.97 Å². The van der Waals surface area contributed by atoms with E-state index in [1.54, 1.807) is 6.33 Å². The predicted molar refractivity (Wildman–Crippen MR) is 76.3 cm³/mol. The fourth-order valence-electron chi connectivity index (χ4n) is 2.72. The molecule has 0 aliphatic carbocycles. The zero-order chi connectivity index (χ0) is 13.4. The Hall–Kier alpha value is -2.14. The first-order valence-electron chi connectivity index (χ1n) is 6.37. The van der Waals surface area contributed by atoms with Gasteiger partial charge in [-0.15, -0.1) is 0 Å². The maximum Gasteiger partial charge on any atom is 0.148 e. The highest BCUT2D eigenvalue weighted by Crippen LogP contribution is 2.39. The van der Waals surface area contributed by atoms with E-state index in [-0.39, 0.29) is 0 Å². The molecular weight excluding hydrogens is 238 g/mol. The predicted octanol–water partition coefficient (Wildman–Crippen LogP) is 2.15. The van der Waals surface area contributed by atoms with Crippen LogP contribution in [0, 0.1) is 6.92 Å². The molecule has 1 aromatic carbocycles. The van der Waals surface area contributed by atoms with Gasteiger partial charge in [0.15, 0.2) is 0 Å². The smallest absolute Gasteiger partial charge is 0.148 e. The molecule has 19 heavy (non-hydrogen) atoms. The summed E-state index contributed by atoms with van der Waals surface area (Å²) in [5.74, 6) is 7.07. The standard InChI is InChI=1S/C14H17N5/c1-9-7-11-5-3-4-6-12(11)19(9)14-10(2)13(18-15)16-8-17-14/h3-6,8-9H,7,15H2,1-2H3,(H,16,17,18). The second kappa shape index (κ2) is 4.51. The van der Waals surface area contributed by atoms with Crippen molar-refractivity contribution >= 4 is 17.3 Å². The summed E-state index contributed by atoms with van der Waals surface area (Å²) >= 11 is 0. The molecule has 2 heterocycles. The van der Waals surface area contributed by atoms with Crippen LogP contribution in [0.4, 0.5) is 17.3 Å². The van der Waals surface area contributed by atoms with Gasteiger partial charge in [-0.1, -0.05) is 18.2 Å². The highest BCUT2D eigenvalue weighted by atomic mass is 15.3. The second-order valence-corrected chi connectivity index (χ2v) is 4.87. The third-order valence-electron chi connectivity index (χ3n) is 3.63. The lowest BCUT2D eigenvalue weighted by molar-refractivity contribution is 0.746. The van der Waals surface area contributed by atoms with E-state index in [9.17, 15) is 0 Å². The number of aromatic nitrogens is 2. The molecule has 0 fully saturated rings. The summed E-state index contributed by atoms with van der Waals surface area (Å²) in [7, 11) is 0. The molecule has 0 saturated heterocycles. The Bertz CT molecular complexity index is 611. The maximum atomic E-state index is 5.49. The van der Waals surface area contributed by atoms with Crippen LogP contribution in [-0.2, 0) is 6.42 Å². The fourth-order valence-corrected chi connectivity index (χ4v) is 2.72. The third-order valence-corrected chi connectivity index (χ3v) is 3.63. The number of benzene rings is 1. The molecule has 5 heteroatoms. The molecule has 0 saturated carbocycles. The summed E-state index contributed by atoms with van der Waals surface area (Å²) in [6.07, 6.45) is 2.58. The quantitative estimate of drug-likeness (QED) is 0.636. The van der Waals surface area contributed by atoms with Gasteiger partial charge in [0.05, 0.1) is 0 Å². The molecule has 3 N–H and O–H groups in total. The summed E-state index contributed by atoms with van der Waals surface area (Å²) in [4.78, 5) is 10.8. The van der Waals surface area contributed by atoms with Crippen molar-refractivity contribution in [1.29, 1.82) is 0 Å². The Morgan fingerprint density at radius 3 is 2.89 bits per heavy atom. The largest absolute Gasteiger partial charge is 0.323 e. The lowest BCUT2D eigenvalue weighted by Gasteiger charge is -2.25. The zero-order valence-corrected chi connectivity index (χ0v) is 11.1. The number of nitrogens with zero attached hydrogens (tertiary/aromatic N) is 3. The van der Waals surface area contributed by atoms with Crippen LogP contribution in [0.15, 0.2) is 30.6 Å². The number of para-hydroxylation sites is 1. The lowest BCUT2D eigenvalue weighted by Crippen LogP contribution is -2.26. The Labute approximate surface area is 112 Å². The van der Waals surface area contributed by atoms with Crippen LogP contribution in [0.1, 0.15) is 18.1 Å². The Kier molecular flexibility index (Phi) is 2.83. The van der Waals surface area contributed by atoms with Crippen molar-refractivity contribution in [2.45, 2.75) is 26.3 Å². The number of fused-ring (bicyclic) bond motifs is 1. The van der Waals surface area contributed by atoms with Gasteiger partial charge in [0.1, 0.15) is 18.0 Å². The molecule has 0 radical (unpaired) electrons. The van der Waals surface area contributed by atoms with Gasteiger partial charge in [0.2, 0.25) is 0 Å². The molecule has 5 nitrogen and oxygen atoms in total. The molecule has 2 aromatic rings. The minimum Gasteiger partial charge on any atom is -0.323 e. The summed E-state index contributed by atoms with van der Waals surface area (Å²) < 4.78 is 0. The van der Waals surface area contributed by atoms with E-state index < -0.39 is 0 Å². The highest BCUT2D eigenvalue weighted by molar-refractivity contribution is 5.72. The van der Waals surface area contributed by atoms with Crippen LogP contribution >= 0.6 is 0 Å². The lowest BCUT2D eigenvalue weighted by atomic mass is 10.1. The molecule has 0 spiro atoms. The average Bonchev–Trinajstić information content (AvgIpc) is 2.75. The second-order valence-electron chi connectivity index (χ2n) is 4.87. The van der Waals surface area contributed by atoms with Crippen LogP contribution in [-0.4, -0.2) is 16.0 Å². The maximum absolute atomic E-state index is 5.49. The van der Waals surface area contributed by atoms with Gasteiger partial charge in [-0.3, -0.25) is 0 Å². The van der Waals surface area contributed by atoms with E-state index in [2.05, 4.69) is 51.5 Å². The molecule has 3 rings (SSSR count). The normalized spacial score (nSPS) is 17.4. The Morgan fingerprint density at radius 2 is 2.11 bits per heavy atom. The first-order valence-corrected chi connectivity index (χ1v) is 6.37. The van der Waals surface area contributed by atoms with Crippen molar-refractivity contribution in [2.24, 2.45) is 5.84 Å². The van der Waals surface area contributed by atoms with Crippen LogP contribution in [0.5, 0.6) is 0 Å². The molecule has 1 aliphatic rings. The molecule has 1 aliphatic heterocycles. The molecule has 1 unspecified atom stereocenters. The van der Waals surface area contributed by atoms with Gasteiger partial charge in [-0.05, 0) is 31.9 Å². The SMILES string of the molecule is Cc1c(NN)ncnc1N1c2ccccc2CC1C. The van der Waals surface area contributed by atoms with E-state index in [4.69, 9.17) is 5.84 Å². The number of nitrogen functional groups attached to an aromatic ring is 1.